The average molecular weight is 269 g/mol. The van der Waals surface area contributed by atoms with Gasteiger partial charge in [-0.15, -0.1) is 0 Å². The van der Waals surface area contributed by atoms with Gasteiger partial charge in [-0.25, -0.2) is 0 Å². The van der Waals surface area contributed by atoms with Gasteiger partial charge >= 0.3 is 0 Å². The quantitative estimate of drug-likeness (QED) is 0.781. The molecule has 0 radical (unpaired) electrons. The van der Waals surface area contributed by atoms with Crippen molar-refractivity contribution in [3.05, 3.63) is 59.2 Å². The molecule has 0 saturated heterocycles. The number of fused-ring (bicyclic) bond motifs is 1. The standard InChI is InChI=1S/C16H15NO3/c18-14-7-12(8-15(19)9-14)16(20)17-13-5-10-3-1-2-4-11(10)6-13/h1-4,7-9,13,18-19H,5-6H2,(H,17,20). The SMILES string of the molecule is O=C(NC1Cc2ccccc2C1)c1cc(O)cc(O)c1. The van der Waals surface area contributed by atoms with E-state index >= 15 is 0 Å². The van der Waals surface area contributed by atoms with Crippen molar-refractivity contribution < 1.29 is 15.0 Å². The molecule has 102 valence electrons. The van der Waals surface area contributed by atoms with E-state index in [1.54, 1.807) is 0 Å². The fraction of sp³-hybridized carbons (Fsp3) is 0.188. The lowest BCUT2D eigenvalue weighted by molar-refractivity contribution is 0.0937. The van der Waals surface area contributed by atoms with Crippen LogP contribution in [-0.4, -0.2) is 22.2 Å². The van der Waals surface area contributed by atoms with Crippen molar-refractivity contribution in [2.24, 2.45) is 0 Å². The first-order valence-corrected chi connectivity index (χ1v) is 6.52. The molecular formula is C16H15NO3. The Kier molecular flexibility index (Phi) is 3.06. The van der Waals surface area contributed by atoms with Crippen molar-refractivity contribution in [2.75, 3.05) is 0 Å². The van der Waals surface area contributed by atoms with E-state index in [-0.39, 0.29) is 29.0 Å². The van der Waals surface area contributed by atoms with E-state index in [0.29, 0.717) is 0 Å². The van der Waals surface area contributed by atoms with Gasteiger partial charge in [0.15, 0.2) is 0 Å². The fourth-order valence-electron chi connectivity index (χ4n) is 2.66. The first-order chi connectivity index (χ1) is 9.61. The Labute approximate surface area is 116 Å². The number of aromatic hydroxyl groups is 2. The third-order valence-electron chi connectivity index (χ3n) is 3.55. The van der Waals surface area contributed by atoms with Crippen LogP contribution in [0.1, 0.15) is 21.5 Å². The highest BCUT2D eigenvalue weighted by Gasteiger charge is 2.23. The molecule has 4 heteroatoms. The minimum absolute atomic E-state index is 0.0596. The lowest BCUT2D eigenvalue weighted by atomic mass is 10.1. The Morgan fingerprint density at radius 2 is 1.55 bits per heavy atom. The van der Waals surface area contributed by atoms with Gasteiger partial charge in [-0.05, 0) is 36.1 Å². The molecule has 3 N–H and O–H groups in total. The lowest BCUT2D eigenvalue weighted by Crippen LogP contribution is -2.35. The zero-order valence-corrected chi connectivity index (χ0v) is 10.8. The molecule has 0 unspecified atom stereocenters. The molecule has 0 bridgehead atoms. The molecule has 4 nitrogen and oxygen atoms in total. The van der Waals surface area contributed by atoms with Gasteiger partial charge in [0.1, 0.15) is 11.5 Å². The summed E-state index contributed by atoms with van der Waals surface area (Å²) in [6, 6.07) is 12.1. The summed E-state index contributed by atoms with van der Waals surface area (Å²) in [5, 5.41) is 21.7. The molecule has 2 aromatic rings. The van der Waals surface area contributed by atoms with E-state index in [0.717, 1.165) is 12.8 Å². The number of phenols is 2. The van der Waals surface area contributed by atoms with Gasteiger partial charge in [0, 0.05) is 17.7 Å². The van der Waals surface area contributed by atoms with Crippen LogP contribution in [0.15, 0.2) is 42.5 Å². The predicted octanol–water partition coefficient (Wildman–Crippen LogP) is 2.00. The van der Waals surface area contributed by atoms with Crippen LogP contribution in [0.2, 0.25) is 0 Å². The van der Waals surface area contributed by atoms with Gasteiger partial charge < -0.3 is 15.5 Å². The van der Waals surface area contributed by atoms with Crippen LogP contribution in [0.5, 0.6) is 11.5 Å². The van der Waals surface area contributed by atoms with E-state index in [2.05, 4.69) is 17.4 Å². The Bertz CT molecular complexity index is 621. The minimum Gasteiger partial charge on any atom is -0.508 e. The molecule has 20 heavy (non-hydrogen) atoms. The fourth-order valence-corrected chi connectivity index (χ4v) is 2.66. The largest absolute Gasteiger partial charge is 0.508 e. The molecular weight excluding hydrogens is 254 g/mol. The monoisotopic (exact) mass is 269 g/mol. The van der Waals surface area contributed by atoms with Crippen molar-refractivity contribution in [1.29, 1.82) is 0 Å². The summed E-state index contributed by atoms with van der Waals surface area (Å²) in [6.07, 6.45) is 1.62. The highest BCUT2D eigenvalue weighted by Crippen LogP contribution is 2.23. The number of rotatable bonds is 2. The second-order valence-corrected chi connectivity index (χ2v) is 5.09. The zero-order chi connectivity index (χ0) is 14.1. The summed E-state index contributed by atoms with van der Waals surface area (Å²) >= 11 is 0. The second-order valence-electron chi connectivity index (χ2n) is 5.09. The summed E-state index contributed by atoms with van der Waals surface area (Å²) in [4.78, 5) is 12.1. The molecule has 0 saturated carbocycles. The number of carbonyl (C=O) groups is 1. The minimum atomic E-state index is -0.283. The molecule has 0 aliphatic heterocycles. The van der Waals surface area contributed by atoms with Crippen LogP contribution >= 0.6 is 0 Å². The van der Waals surface area contributed by atoms with Crippen LogP contribution in [-0.2, 0) is 12.8 Å². The van der Waals surface area contributed by atoms with Gasteiger partial charge in [0.05, 0.1) is 0 Å². The first-order valence-electron chi connectivity index (χ1n) is 6.52. The summed E-state index contributed by atoms with van der Waals surface area (Å²) in [7, 11) is 0. The van der Waals surface area contributed by atoms with Gasteiger partial charge in [0.25, 0.3) is 5.91 Å². The molecule has 1 amide bonds. The molecule has 0 fully saturated rings. The third kappa shape index (κ3) is 2.45. The molecule has 0 spiro atoms. The summed E-state index contributed by atoms with van der Waals surface area (Å²) in [5.74, 6) is -0.524. The molecule has 2 aromatic carbocycles. The van der Waals surface area contributed by atoms with E-state index in [4.69, 9.17) is 0 Å². The number of hydrogen-bond acceptors (Lipinski definition) is 3. The van der Waals surface area contributed by atoms with Crippen LogP contribution in [0.25, 0.3) is 0 Å². The number of nitrogens with one attached hydrogen (secondary N) is 1. The summed E-state index contributed by atoms with van der Waals surface area (Å²) < 4.78 is 0. The van der Waals surface area contributed by atoms with Crippen LogP contribution < -0.4 is 5.32 Å². The van der Waals surface area contributed by atoms with Crippen LogP contribution in [0, 0.1) is 0 Å². The summed E-state index contributed by atoms with van der Waals surface area (Å²) in [5.41, 5.74) is 2.78. The van der Waals surface area contributed by atoms with Gasteiger partial charge in [-0.3, -0.25) is 4.79 Å². The van der Waals surface area contributed by atoms with Crippen molar-refractivity contribution in [3.8, 4) is 11.5 Å². The molecule has 3 rings (SSSR count). The number of hydrogen-bond donors (Lipinski definition) is 3. The number of phenolic OH excluding ortho intramolecular Hbond substituents is 2. The predicted molar refractivity (Wildman–Crippen MR) is 74.9 cm³/mol. The number of amides is 1. The smallest absolute Gasteiger partial charge is 0.251 e. The molecule has 1 aliphatic rings. The van der Waals surface area contributed by atoms with Gasteiger partial charge in [-0.2, -0.15) is 0 Å². The Hall–Kier alpha value is -2.49. The number of carbonyl (C=O) groups excluding carboxylic acids is 1. The van der Waals surface area contributed by atoms with Gasteiger partial charge in [-0.1, -0.05) is 24.3 Å². The van der Waals surface area contributed by atoms with Gasteiger partial charge in [0.2, 0.25) is 0 Å². The van der Waals surface area contributed by atoms with E-state index in [1.165, 1.54) is 29.3 Å². The van der Waals surface area contributed by atoms with E-state index in [1.807, 2.05) is 12.1 Å². The summed E-state index contributed by atoms with van der Waals surface area (Å²) in [6.45, 7) is 0. The van der Waals surface area contributed by atoms with Crippen molar-refractivity contribution in [2.45, 2.75) is 18.9 Å². The molecule has 0 heterocycles. The molecule has 1 aliphatic carbocycles. The Balaban J connectivity index is 1.72. The number of benzene rings is 2. The molecule has 0 atom stereocenters. The van der Waals surface area contributed by atoms with Crippen molar-refractivity contribution in [1.82, 2.24) is 5.32 Å². The van der Waals surface area contributed by atoms with E-state index in [9.17, 15) is 15.0 Å². The maximum atomic E-state index is 12.1. The third-order valence-corrected chi connectivity index (χ3v) is 3.55. The Morgan fingerprint density at radius 3 is 2.10 bits per heavy atom. The maximum absolute atomic E-state index is 12.1. The highest BCUT2D eigenvalue weighted by molar-refractivity contribution is 5.95. The van der Waals surface area contributed by atoms with Crippen LogP contribution in [0.3, 0.4) is 0 Å². The average Bonchev–Trinajstić information content (AvgIpc) is 2.79. The maximum Gasteiger partial charge on any atom is 0.251 e. The molecule has 0 aromatic heterocycles. The van der Waals surface area contributed by atoms with Crippen molar-refractivity contribution in [3.63, 3.8) is 0 Å². The topological polar surface area (TPSA) is 69.6 Å². The van der Waals surface area contributed by atoms with E-state index < -0.39 is 0 Å². The van der Waals surface area contributed by atoms with Crippen LogP contribution in [0.4, 0.5) is 0 Å². The first kappa shape index (κ1) is 12.5. The lowest BCUT2D eigenvalue weighted by Gasteiger charge is -2.12. The normalized spacial score (nSPS) is 14.0. The van der Waals surface area contributed by atoms with Crippen molar-refractivity contribution >= 4 is 5.91 Å². The second kappa shape index (κ2) is 4.89. The highest BCUT2D eigenvalue weighted by atomic mass is 16.3. The zero-order valence-electron chi connectivity index (χ0n) is 10.8. The Morgan fingerprint density at radius 1 is 1.00 bits per heavy atom.